The Morgan fingerprint density at radius 2 is 1.60 bits per heavy atom. The molecule has 1 amide bonds. The summed E-state index contributed by atoms with van der Waals surface area (Å²) in [6.07, 6.45) is 1.83. The van der Waals surface area contributed by atoms with E-state index in [1.54, 1.807) is 0 Å². The van der Waals surface area contributed by atoms with Gasteiger partial charge in [0.1, 0.15) is 0 Å². The van der Waals surface area contributed by atoms with Crippen molar-refractivity contribution < 1.29 is 14.6 Å². The van der Waals surface area contributed by atoms with Crippen molar-refractivity contribution in [3.63, 3.8) is 0 Å². The summed E-state index contributed by atoms with van der Waals surface area (Å²) >= 11 is 6.25. The second kappa shape index (κ2) is 8.49. The number of ether oxygens (including phenoxy) is 1. The highest BCUT2D eigenvalue weighted by Gasteiger charge is 2.54. The van der Waals surface area contributed by atoms with Crippen LogP contribution >= 0.6 is 11.6 Å². The van der Waals surface area contributed by atoms with Gasteiger partial charge >= 0.3 is 0 Å². The van der Waals surface area contributed by atoms with Crippen LogP contribution in [0.4, 0.5) is 0 Å². The summed E-state index contributed by atoms with van der Waals surface area (Å²) in [5.41, 5.74) is 1.98. The van der Waals surface area contributed by atoms with Crippen molar-refractivity contribution in [2.24, 2.45) is 5.41 Å². The lowest BCUT2D eigenvalue weighted by Gasteiger charge is -2.40. The topological polar surface area (TPSA) is 49.8 Å². The van der Waals surface area contributed by atoms with E-state index in [-0.39, 0.29) is 17.9 Å². The molecule has 0 spiro atoms. The molecule has 176 valence electrons. The molecule has 35 heavy (non-hydrogen) atoms. The van der Waals surface area contributed by atoms with Crippen LogP contribution in [0.15, 0.2) is 91.0 Å². The molecule has 1 unspecified atom stereocenters. The maximum Gasteiger partial charge on any atom is 0.257 e. The van der Waals surface area contributed by atoms with Crippen LogP contribution in [0.5, 0.6) is 0 Å². The third-order valence-corrected chi connectivity index (χ3v) is 7.72. The number of hydrogen-bond donors (Lipinski definition) is 1. The average Bonchev–Trinajstić information content (AvgIpc) is 3.65. The molecule has 1 aliphatic heterocycles. The summed E-state index contributed by atoms with van der Waals surface area (Å²) < 4.78 is 6.83. The average molecular weight is 484 g/mol. The Hall–Kier alpha value is -3.18. The third kappa shape index (κ3) is 3.64. The van der Waals surface area contributed by atoms with Gasteiger partial charge in [-0.15, -0.1) is 0 Å². The molecule has 0 bridgehead atoms. The lowest BCUT2D eigenvalue weighted by molar-refractivity contribution is -0.128. The third-order valence-electron chi connectivity index (χ3n) is 7.47. The first-order chi connectivity index (χ1) is 17.1. The zero-order valence-corrected chi connectivity index (χ0v) is 20.0. The van der Waals surface area contributed by atoms with Crippen molar-refractivity contribution in [3.8, 4) is 0 Å². The largest absolute Gasteiger partial charge is 0.396 e. The minimum atomic E-state index is -1.13. The highest BCUT2D eigenvalue weighted by molar-refractivity contribution is 6.30. The van der Waals surface area contributed by atoms with Crippen LogP contribution in [0.1, 0.15) is 39.9 Å². The Labute approximate surface area is 209 Å². The van der Waals surface area contributed by atoms with Crippen molar-refractivity contribution in [1.29, 1.82) is 0 Å². The van der Waals surface area contributed by atoms with Crippen molar-refractivity contribution in [3.05, 3.63) is 118 Å². The van der Waals surface area contributed by atoms with Crippen LogP contribution in [-0.2, 0) is 17.0 Å². The van der Waals surface area contributed by atoms with Gasteiger partial charge in [0.2, 0.25) is 0 Å². The Morgan fingerprint density at radius 1 is 0.886 bits per heavy atom. The Bertz CT molecular complexity index is 1410. The summed E-state index contributed by atoms with van der Waals surface area (Å²) in [5, 5.41) is 12.9. The standard InChI is InChI=1S/C30H26ClNO3/c31-24-14-12-23(13-15-24)30(35-20-29(19-33)16-17-29)27-11-4-3-10-26(27)28(34)32(30)18-22-8-5-7-21-6-1-2-9-25(21)22/h1-15,33H,16-20H2. The summed E-state index contributed by atoms with van der Waals surface area (Å²) in [6, 6.07) is 29.6. The lowest BCUT2D eigenvalue weighted by atomic mass is 9.92. The fourth-order valence-corrected chi connectivity index (χ4v) is 5.32. The molecule has 1 aliphatic carbocycles. The molecule has 1 N–H and O–H groups in total. The predicted molar refractivity (Wildman–Crippen MR) is 137 cm³/mol. The van der Waals surface area contributed by atoms with E-state index in [1.165, 1.54) is 0 Å². The number of nitrogens with zero attached hydrogens (tertiary/aromatic N) is 1. The van der Waals surface area contributed by atoms with E-state index in [0.717, 1.165) is 40.3 Å². The van der Waals surface area contributed by atoms with Crippen molar-refractivity contribution in [1.82, 2.24) is 4.90 Å². The van der Waals surface area contributed by atoms with Gasteiger partial charge in [-0.3, -0.25) is 9.69 Å². The van der Waals surface area contributed by atoms with Gasteiger partial charge in [-0.1, -0.05) is 84.4 Å². The van der Waals surface area contributed by atoms with Crippen LogP contribution in [0.3, 0.4) is 0 Å². The molecule has 4 aromatic rings. The van der Waals surface area contributed by atoms with Gasteiger partial charge in [-0.25, -0.2) is 0 Å². The van der Waals surface area contributed by atoms with E-state index in [1.807, 2.05) is 71.6 Å². The summed E-state index contributed by atoms with van der Waals surface area (Å²) in [4.78, 5) is 15.8. The first kappa shape index (κ1) is 22.3. The monoisotopic (exact) mass is 483 g/mol. The first-order valence-electron chi connectivity index (χ1n) is 12.0. The number of carbonyl (C=O) groups excluding carboxylic acids is 1. The predicted octanol–water partition coefficient (Wildman–Crippen LogP) is 6.14. The minimum absolute atomic E-state index is 0.0719. The zero-order chi connectivity index (χ0) is 24.0. The molecule has 4 aromatic carbocycles. The van der Waals surface area contributed by atoms with E-state index >= 15 is 0 Å². The second-order valence-electron chi connectivity index (χ2n) is 9.67. The molecule has 4 nitrogen and oxygen atoms in total. The Kier molecular flexibility index (Phi) is 5.41. The number of benzene rings is 4. The van der Waals surface area contributed by atoms with E-state index in [4.69, 9.17) is 16.3 Å². The Morgan fingerprint density at radius 3 is 2.37 bits per heavy atom. The fourth-order valence-electron chi connectivity index (χ4n) is 5.19. The number of fused-ring (bicyclic) bond motifs is 2. The van der Waals surface area contributed by atoms with Gasteiger partial charge in [0.05, 0.1) is 19.8 Å². The quantitative estimate of drug-likeness (QED) is 0.343. The number of amides is 1. The summed E-state index contributed by atoms with van der Waals surface area (Å²) in [5.74, 6) is -0.0719. The molecule has 0 saturated heterocycles. The lowest BCUT2D eigenvalue weighted by Crippen LogP contribution is -2.47. The number of hydrogen-bond acceptors (Lipinski definition) is 3. The van der Waals surface area contributed by atoms with E-state index in [9.17, 15) is 9.90 Å². The maximum absolute atomic E-state index is 14.0. The first-order valence-corrected chi connectivity index (χ1v) is 12.3. The van der Waals surface area contributed by atoms with E-state index < -0.39 is 5.72 Å². The maximum atomic E-state index is 14.0. The molecule has 6 rings (SSSR count). The van der Waals surface area contributed by atoms with E-state index in [2.05, 4.69) is 24.3 Å². The van der Waals surface area contributed by atoms with E-state index in [0.29, 0.717) is 23.7 Å². The normalized spacial score (nSPS) is 20.3. The number of halogens is 1. The van der Waals surface area contributed by atoms with Gasteiger partial charge in [-0.05, 0) is 47.4 Å². The van der Waals surface area contributed by atoms with Crippen molar-refractivity contribution in [2.75, 3.05) is 13.2 Å². The minimum Gasteiger partial charge on any atom is -0.396 e. The molecule has 1 saturated carbocycles. The van der Waals surface area contributed by atoms with Crippen molar-refractivity contribution >= 4 is 28.3 Å². The highest BCUT2D eigenvalue weighted by atomic mass is 35.5. The fraction of sp³-hybridized carbons (Fsp3) is 0.233. The zero-order valence-electron chi connectivity index (χ0n) is 19.3. The number of rotatable bonds is 7. The molecule has 0 aromatic heterocycles. The summed E-state index contributed by atoms with van der Waals surface area (Å²) in [6.45, 7) is 0.812. The van der Waals surface area contributed by atoms with Crippen LogP contribution < -0.4 is 0 Å². The van der Waals surface area contributed by atoms with Crippen LogP contribution in [-0.4, -0.2) is 29.1 Å². The molecular formula is C30H26ClNO3. The molecule has 1 fully saturated rings. The van der Waals surface area contributed by atoms with Crippen LogP contribution in [0.2, 0.25) is 5.02 Å². The number of carbonyl (C=O) groups is 1. The molecule has 1 heterocycles. The van der Waals surface area contributed by atoms with Gasteiger partial charge < -0.3 is 9.84 Å². The van der Waals surface area contributed by atoms with Gasteiger partial charge in [0, 0.05) is 27.1 Å². The highest BCUT2D eigenvalue weighted by Crippen LogP contribution is 2.51. The van der Waals surface area contributed by atoms with Crippen LogP contribution in [0.25, 0.3) is 10.8 Å². The summed E-state index contributed by atoms with van der Waals surface area (Å²) in [7, 11) is 0. The molecule has 0 radical (unpaired) electrons. The van der Waals surface area contributed by atoms with Gasteiger partial charge in [0.25, 0.3) is 5.91 Å². The SMILES string of the molecule is O=C1c2ccccc2C(OCC2(CO)CC2)(c2ccc(Cl)cc2)N1Cc1cccc2ccccc12. The van der Waals surface area contributed by atoms with Gasteiger partial charge in [0.15, 0.2) is 5.72 Å². The smallest absolute Gasteiger partial charge is 0.257 e. The molecule has 5 heteroatoms. The van der Waals surface area contributed by atoms with Crippen LogP contribution in [0, 0.1) is 5.41 Å². The number of aliphatic hydroxyl groups is 1. The molecular weight excluding hydrogens is 458 g/mol. The number of aliphatic hydroxyl groups excluding tert-OH is 1. The van der Waals surface area contributed by atoms with Crippen molar-refractivity contribution in [2.45, 2.75) is 25.1 Å². The van der Waals surface area contributed by atoms with Gasteiger partial charge in [-0.2, -0.15) is 0 Å². The second-order valence-corrected chi connectivity index (χ2v) is 10.1. The molecule has 1 atom stereocenters. The Balaban J connectivity index is 1.53. The molecule has 2 aliphatic rings.